The van der Waals surface area contributed by atoms with Gasteiger partial charge in [-0.25, -0.2) is 4.98 Å². The summed E-state index contributed by atoms with van der Waals surface area (Å²) < 4.78 is 0. The number of anilines is 1. The average molecular weight is 259 g/mol. The number of aromatic hydroxyl groups is 1. The number of rotatable bonds is 4. The summed E-state index contributed by atoms with van der Waals surface area (Å²) in [6.45, 7) is 2.15. The average Bonchev–Trinajstić information content (AvgIpc) is 2.39. The first-order chi connectivity index (χ1) is 9.06. The van der Waals surface area contributed by atoms with Crippen molar-refractivity contribution in [1.29, 1.82) is 0 Å². The maximum Gasteiger partial charge on any atom is 0.311 e. The van der Waals surface area contributed by atoms with Crippen molar-refractivity contribution in [2.45, 2.75) is 13.5 Å². The van der Waals surface area contributed by atoms with Gasteiger partial charge in [-0.2, -0.15) is 0 Å². The zero-order valence-electron chi connectivity index (χ0n) is 10.3. The molecule has 0 radical (unpaired) electrons. The highest BCUT2D eigenvalue weighted by Gasteiger charge is 2.14. The molecule has 0 bridgehead atoms. The Morgan fingerprint density at radius 2 is 2.05 bits per heavy atom. The third-order valence-electron chi connectivity index (χ3n) is 2.60. The predicted octanol–water partition coefficient (Wildman–Crippen LogP) is 2.62. The topological polar surface area (TPSA) is 88.3 Å². The molecule has 1 aromatic carbocycles. The lowest BCUT2D eigenvalue weighted by Crippen LogP contribution is -2.04. The largest absolute Gasteiger partial charge is 0.508 e. The molecule has 0 saturated carbocycles. The minimum Gasteiger partial charge on any atom is -0.508 e. The second-order valence-electron chi connectivity index (χ2n) is 4.16. The summed E-state index contributed by atoms with van der Waals surface area (Å²) in [7, 11) is 0. The summed E-state index contributed by atoms with van der Waals surface area (Å²) in [5.74, 6) is 0.423. The summed E-state index contributed by atoms with van der Waals surface area (Å²) in [6, 6.07) is 8.08. The van der Waals surface area contributed by atoms with Gasteiger partial charge in [0.15, 0.2) is 0 Å². The summed E-state index contributed by atoms with van der Waals surface area (Å²) in [4.78, 5) is 14.5. The van der Waals surface area contributed by atoms with Crippen LogP contribution in [0.15, 0.2) is 36.5 Å². The molecular formula is C13H13N3O3. The van der Waals surface area contributed by atoms with Crippen LogP contribution < -0.4 is 5.32 Å². The molecule has 19 heavy (non-hydrogen) atoms. The highest BCUT2D eigenvalue weighted by molar-refractivity contribution is 5.56. The molecule has 0 fully saturated rings. The number of nitrogens with zero attached hydrogens (tertiary/aromatic N) is 2. The van der Waals surface area contributed by atoms with Crippen molar-refractivity contribution in [3.05, 3.63) is 57.8 Å². The van der Waals surface area contributed by atoms with Gasteiger partial charge >= 0.3 is 5.69 Å². The van der Waals surface area contributed by atoms with Crippen LogP contribution in [0.3, 0.4) is 0 Å². The SMILES string of the molecule is Cc1cnc(NCc2ccc(O)cc2)c([N+](=O)[O-])c1. The highest BCUT2D eigenvalue weighted by atomic mass is 16.6. The molecule has 2 N–H and O–H groups in total. The quantitative estimate of drug-likeness (QED) is 0.650. The predicted molar refractivity (Wildman–Crippen MR) is 71.1 cm³/mol. The first-order valence-corrected chi connectivity index (χ1v) is 5.69. The van der Waals surface area contributed by atoms with Crippen LogP contribution in [-0.2, 0) is 6.54 Å². The molecule has 1 heterocycles. The van der Waals surface area contributed by atoms with Gasteiger partial charge in [0.1, 0.15) is 5.75 Å². The van der Waals surface area contributed by atoms with Gasteiger partial charge in [0.25, 0.3) is 0 Å². The lowest BCUT2D eigenvalue weighted by molar-refractivity contribution is -0.384. The Labute approximate surface area is 109 Å². The van der Waals surface area contributed by atoms with Crippen molar-refractivity contribution in [1.82, 2.24) is 4.98 Å². The minimum atomic E-state index is -0.459. The van der Waals surface area contributed by atoms with E-state index in [1.165, 1.54) is 6.07 Å². The Bertz CT molecular complexity index is 597. The summed E-state index contributed by atoms with van der Waals surface area (Å²) in [5.41, 5.74) is 1.59. The van der Waals surface area contributed by atoms with Crippen molar-refractivity contribution in [3.63, 3.8) is 0 Å². The molecule has 0 atom stereocenters. The lowest BCUT2D eigenvalue weighted by Gasteiger charge is -2.07. The molecule has 0 amide bonds. The van der Waals surface area contributed by atoms with Crippen molar-refractivity contribution < 1.29 is 10.0 Å². The van der Waals surface area contributed by atoms with Gasteiger partial charge in [0.05, 0.1) is 4.92 Å². The molecule has 2 rings (SSSR count). The Kier molecular flexibility index (Phi) is 3.61. The van der Waals surface area contributed by atoms with Gasteiger partial charge in [-0.05, 0) is 30.2 Å². The molecule has 98 valence electrons. The van der Waals surface area contributed by atoms with Crippen molar-refractivity contribution >= 4 is 11.5 Å². The van der Waals surface area contributed by atoms with E-state index in [2.05, 4.69) is 10.3 Å². The van der Waals surface area contributed by atoms with Gasteiger partial charge in [-0.3, -0.25) is 10.1 Å². The Balaban J connectivity index is 2.15. The molecule has 0 aliphatic rings. The van der Waals surface area contributed by atoms with E-state index in [9.17, 15) is 10.1 Å². The molecule has 6 nitrogen and oxygen atoms in total. The number of nitrogens with one attached hydrogen (secondary N) is 1. The summed E-state index contributed by atoms with van der Waals surface area (Å²) >= 11 is 0. The van der Waals surface area contributed by atoms with Crippen molar-refractivity contribution in [2.24, 2.45) is 0 Å². The van der Waals surface area contributed by atoms with Gasteiger partial charge in [0.2, 0.25) is 5.82 Å². The number of phenols is 1. The zero-order chi connectivity index (χ0) is 13.8. The molecule has 6 heteroatoms. The Morgan fingerprint density at radius 1 is 1.37 bits per heavy atom. The molecule has 2 aromatic rings. The molecule has 0 aliphatic heterocycles. The maximum absolute atomic E-state index is 10.9. The fourth-order valence-corrected chi connectivity index (χ4v) is 1.63. The van der Waals surface area contributed by atoms with Gasteiger partial charge in [0, 0.05) is 18.8 Å². The molecule has 1 aromatic heterocycles. The van der Waals surface area contributed by atoms with Crippen LogP contribution in [0.2, 0.25) is 0 Å². The number of aromatic nitrogens is 1. The van der Waals surface area contributed by atoms with Crippen LogP contribution in [0.1, 0.15) is 11.1 Å². The number of benzene rings is 1. The molecule has 0 spiro atoms. The van der Waals surface area contributed by atoms with Crippen molar-refractivity contribution in [2.75, 3.05) is 5.32 Å². The standard InChI is InChI=1S/C13H13N3O3/c1-9-6-12(16(18)19)13(14-7-9)15-8-10-2-4-11(17)5-3-10/h2-7,17H,8H2,1H3,(H,14,15). The molecular weight excluding hydrogens is 246 g/mol. The fourth-order valence-electron chi connectivity index (χ4n) is 1.63. The number of phenolic OH excluding ortho intramolecular Hbond substituents is 1. The molecule has 0 saturated heterocycles. The van der Waals surface area contributed by atoms with Crippen molar-refractivity contribution in [3.8, 4) is 5.75 Å². The number of hydrogen-bond acceptors (Lipinski definition) is 5. The minimum absolute atomic E-state index is 0.0428. The molecule has 0 unspecified atom stereocenters. The first kappa shape index (κ1) is 12.8. The van der Waals surface area contributed by atoms with E-state index < -0.39 is 4.92 Å². The Morgan fingerprint density at radius 3 is 2.68 bits per heavy atom. The third-order valence-corrected chi connectivity index (χ3v) is 2.60. The zero-order valence-corrected chi connectivity index (χ0v) is 10.3. The third kappa shape index (κ3) is 3.19. The van der Waals surface area contributed by atoms with E-state index in [0.717, 1.165) is 11.1 Å². The smallest absolute Gasteiger partial charge is 0.311 e. The summed E-state index contributed by atoms with van der Waals surface area (Å²) in [6.07, 6.45) is 1.58. The Hall–Kier alpha value is -2.63. The number of aryl methyl sites for hydroxylation is 1. The van der Waals surface area contributed by atoms with E-state index >= 15 is 0 Å². The second kappa shape index (κ2) is 5.34. The second-order valence-corrected chi connectivity index (χ2v) is 4.16. The van der Waals surface area contributed by atoms with Crippen LogP contribution in [0.25, 0.3) is 0 Å². The lowest BCUT2D eigenvalue weighted by atomic mass is 10.2. The van der Waals surface area contributed by atoms with Gasteiger partial charge in [-0.1, -0.05) is 12.1 Å². The summed E-state index contributed by atoms with van der Waals surface area (Å²) in [5, 5.41) is 23.0. The highest BCUT2D eigenvalue weighted by Crippen LogP contribution is 2.23. The van der Waals surface area contributed by atoms with Crippen LogP contribution in [0.5, 0.6) is 5.75 Å². The van der Waals surface area contributed by atoms with E-state index in [-0.39, 0.29) is 17.3 Å². The van der Waals surface area contributed by atoms with Crippen LogP contribution in [0, 0.1) is 17.0 Å². The number of pyridine rings is 1. The van der Waals surface area contributed by atoms with E-state index in [1.807, 2.05) is 0 Å². The van der Waals surface area contributed by atoms with Crippen LogP contribution in [0.4, 0.5) is 11.5 Å². The van der Waals surface area contributed by atoms with Gasteiger partial charge in [-0.15, -0.1) is 0 Å². The monoisotopic (exact) mass is 259 g/mol. The van der Waals surface area contributed by atoms with E-state index in [1.54, 1.807) is 37.4 Å². The normalized spacial score (nSPS) is 10.2. The molecule has 0 aliphatic carbocycles. The number of nitro groups is 1. The van der Waals surface area contributed by atoms with E-state index in [4.69, 9.17) is 5.11 Å². The van der Waals surface area contributed by atoms with Crippen LogP contribution in [-0.4, -0.2) is 15.0 Å². The van der Waals surface area contributed by atoms with Crippen LogP contribution >= 0.6 is 0 Å². The fraction of sp³-hybridized carbons (Fsp3) is 0.154. The number of hydrogen-bond donors (Lipinski definition) is 2. The van der Waals surface area contributed by atoms with E-state index in [0.29, 0.717) is 6.54 Å². The first-order valence-electron chi connectivity index (χ1n) is 5.69. The maximum atomic E-state index is 10.9. The van der Waals surface area contributed by atoms with Gasteiger partial charge < -0.3 is 10.4 Å².